The molecule has 0 atom stereocenters. The van der Waals surface area contributed by atoms with Crippen LogP contribution in [0.25, 0.3) is 0 Å². The van der Waals surface area contributed by atoms with Gasteiger partial charge >= 0.3 is 0 Å². The van der Waals surface area contributed by atoms with E-state index < -0.39 is 0 Å². The highest BCUT2D eigenvalue weighted by atomic mass is 79.9. The van der Waals surface area contributed by atoms with Gasteiger partial charge in [0.15, 0.2) is 0 Å². The first-order chi connectivity index (χ1) is 9.20. The molecule has 0 spiro atoms. The van der Waals surface area contributed by atoms with Crippen LogP contribution in [0.5, 0.6) is 0 Å². The maximum absolute atomic E-state index is 12.3. The van der Waals surface area contributed by atoms with Crippen molar-refractivity contribution in [3.05, 3.63) is 58.6 Å². The lowest BCUT2D eigenvalue weighted by Crippen LogP contribution is -2.14. The lowest BCUT2D eigenvalue weighted by Gasteiger charge is -2.11. The summed E-state index contributed by atoms with van der Waals surface area (Å²) < 4.78 is 0.935. The second-order valence-corrected chi connectivity index (χ2v) is 4.96. The van der Waals surface area contributed by atoms with Gasteiger partial charge in [0.1, 0.15) is 0 Å². The molecule has 1 amide bonds. The Morgan fingerprint density at radius 1 is 1.16 bits per heavy atom. The minimum absolute atomic E-state index is 0.116. The third-order valence-corrected chi connectivity index (χ3v) is 3.11. The van der Waals surface area contributed by atoms with E-state index in [4.69, 9.17) is 0 Å². The zero-order valence-electron chi connectivity index (χ0n) is 10.6. The summed E-state index contributed by atoms with van der Waals surface area (Å²) in [6.45, 7) is 2.78. The second-order valence-electron chi connectivity index (χ2n) is 4.04. The molecule has 0 saturated heterocycles. The summed E-state index contributed by atoms with van der Waals surface area (Å²) in [4.78, 5) is 12.3. The number of benzene rings is 2. The van der Waals surface area contributed by atoms with Crippen LogP contribution in [-0.2, 0) is 0 Å². The Labute approximate surface area is 121 Å². The van der Waals surface area contributed by atoms with Crippen LogP contribution in [0.3, 0.4) is 0 Å². The minimum Gasteiger partial charge on any atom is -0.385 e. The molecule has 19 heavy (non-hydrogen) atoms. The van der Waals surface area contributed by atoms with Gasteiger partial charge in [-0.2, -0.15) is 0 Å². The van der Waals surface area contributed by atoms with Gasteiger partial charge in [-0.3, -0.25) is 4.79 Å². The van der Waals surface area contributed by atoms with E-state index in [9.17, 15) is 4.79 Å². The predicted molar refractivity (Wildman–Crippen MR) is 82.7 cm³/mol. The number of amides is 1. The largest absolute Gasteiger partial charge is 0.385 e. The predicted octanol–water partition coefficient (Wildman–Crippen LogP) is 4.13. The van der Waals surface area contributed by atoms with Crippen LogP contribution >= 0.6 is 15.9 Å². The number of nitrogens with one attached hydrogen (secondary N) is 2. The number of para-hydroxylation sites is 1. The van der Waals surface area contributed by atoms with Crippen LogP contribution < -0.4 is 10.6 Å². The molecule has 0 aliphatic heterocycles. The summed E-state index contributed by atoms with van der Waals surface area (Å²) in [5.74, 6) is -0.116. The number of carbonyl (C=O) groups excluding carboxylic acids is 1. The van der Waals surface area contributed by atoms with Gasteiger partial charge < -0.3 is 10.6 Å². The Morgan fingerprint density at radius 2 is 1.95 bits per heavy atom. The fraction of sp³-hybridized carbons (Fsp3) is 0.133. The number of anilines is 2. The van der Waals surface area contributed by atoms with E-state index in [0.29, 0.717) is 5.56 Å². The SMILES string of the molecule is CCNc1ccccc1C(=O)Nc1cccc(Br)c1. The van der Waals surface area contributed by atoms with Crippen LogP contribution in [0, 0.1) is 0 Å². The van der Waals surface area contributed by atoms with Crippen molar-refractivity contribution in [3.8, 4) is 0 Å². The third kappa shape index (κ3) is 3.58. The van der Waals surface area contributed by atoms with Crippen LogP contribution in [0.1, 0.15) is 17.3 Å². The summed E-state index contributed by atoms with van der Waals surface area (Å²) in [5.41, 5.74) is 2.26. The fourth-order valence-corrected chi connectivity index (χ4v) is 2.19. The first-order valence-electron chi connectivity index (χ1n) is 6.10. The van der Waals surface area contributed by atoms with Gasteiger partial charge in [-0.05, 0) is 37.3 Å². The molecule has 0 unspecified atom stereocenters. The molecule has 0 saturated carbocycles. The quantitative estimate of drug-likeness (QED) is 0.889. The van der Waals surface area contributed by atoms with E-state index in [2.05, 4.69) is 26.6 Å². The van der Waals surface area contributed by atoms with E-state index in [-0.39, 0.29) is 5.91 Å². The number of rotatable bonds is 4. The molecule has 0 aliphatic rings. The lowest BCUT2D eigenvalue weighted by atomic mass is 10.1. The van der Waals surface area contributed by atoms with Gasteiger partial charge in [0.2, 0.25) is 0 Å². The monoisotopic (exact) mass is 318 g/mol. The van der Waals surface area contributed by atoms with Crippen molar-refractivity contribution in [3.63, 3.8) is 0 Å². The zero-order chi connectivity index (χ0) is 13.7. The van der Waals surface area contributed by atoms with Crippen molar-refractivity contribution in [2.45, 2.75) is 6.92 Å². The van der Waals surface area contributed by atoms with E-state index in [0.717, 1.165) is 22.4 Å². The molecular formula is C15H15BrN2O. The molecule has 0 aliphatic carbocycles. The van der Waals surface area contributed by atoms with Crippen molar-refractivity contribution in [1.29, 1.82) is 0 Å². The topological polar surface area (TPSA) is 41.1 Å². The highest BCUT2D eigenvalue weighted by Gasteiger charge is 2.10. The van der Waals surface area contributed by atoms with Crippen molar-refractivity contribution in [2.75, 3.05) is 17.2 Å². The average molecular weight is 319 g/mol. The number of carbonyl (C=O) groups is 1. The molecule has 2 N–H and O–H groups in total. The molecule has 98 valence electrons. The maximum atomic E-state index is 12.3. The van der Waals surface area contributed by atoms with Crippen molar-refractivity contribution >= 4 is 33.2 Å². The van der Waals surface area contributed by atoms with Crippen LogP contribution in [0.15, 0.2) is 53.0 Å². The van der Waals surface area contributed by atoms with E-state index in [1.54, 1.807) is 0 Å². The lowest BCUT2D eigenvalue weighted by molar-refractivity contribution is 0.102. The Balaban J connectivity index is 2.20. The molecular weight excluding hydrogens is 304 g/mol. The summed E-state index contributed by atoms with van der Waals surface area (Å²) in [6, 6.07) is 15.0. The Hall–Kier alpha value is -1.81. The van der Waals surface area contributed by atoms with E-state index >= 15 is 0 Å². The van der Waals surface area contributed by atoms with Crippen molar-refractivity contribution < 1.29 is 4.79 Å². The van der Waals surface area contributed by atoms with E-state index in [1.165, 1.54) is 0 Å². The zero-order valence-corrected chi connectivity index (χ0v) is 12.2. The van der Waals surface area contributed by atoms with Gasteiger partial charge in [0.05, 0.1) is 5.56 Å². The number of halogens is 1. The first kappa shape index (κ1) is 13.6. The molecule has 0 bridgehead atoms. The molecule has 0 fully saturated rings. The van der Waals surface area contributed by atoms with Gasteiger partial charge in [0, 0.05) is 22.4 Å². The van der Waals surface area contributed by atoms with Crippen molar-refractivity contribution in [2.24, 2.45) is 0 Å². The maximum Gasteiger partial charge on any atom is 0.257 e. The van der Waals surface area contributed by atoms with Gasteiger partial charge in [-0.1, -0.05) is 34.1 Å². The second kappa shape index (κ2) is 6.38. The van der Waals surface area contributed by atoms with Gasteiger partial charge in [0.25, 0.3) is 5.91 Å². The van der Waals surface area contributed by atoms with Crippen LogP contribution in [-0.4, -0.2) is 12.5 Å². The van der Waals surface area contributed by atoms with Gasteiger partial charge in [-0.25, -0.2) is 0 Å². The summed E-state index contributed by atoms with van der Waals surface area (Å²) >= 11 is 3.38. The summed E-state index contributed by atoms with van der Waals surface area (Å²) in [7, 11) is 0. The molecule has 3 nitrogen and oxygen atoms in total. The number of hydrogen-bond donors (Lipinski definition) is 2. The highest BCUT2D eigenvalue weighted by molar-refractivity contribution is 9.10. The third-order valence-electron chi connectivity index (χ3n) is 2.62. The standard InChI is InChI=1S/C15H15BrN2O/c1-2-17-14-9-4-3-8-13(14)15(19)18-12-7-5-6-11(16)10-12/h3-10,17H,2H2,1H3,(H,18,19). The summed E-state index contributed by atoms with van der Waals surface area (Å²) in [6.07, 6.45) is 0. The van der Waals surface area contributed by atoms with Crippen LogP contribution in [0.4, 0.5) is 11.4 Å². The molecule has 0 heterocycles. The van der Waals surface area contributed by atoms with Gasteiger partial charge in [-0.15, -0.1) is 0 Å². The smallest absolute Gasteiger partial charge is 0.257 e. The highest BCUT2D eigenvalue weighted by Crippen LogP contribution is 2.19. The number of hydrogen-bond acceptors (Lipinski definition) is 2. The molecule has 0 aromatic heterocycles. The Morgan fingerprint density at radius 3 is 2.68 bits per heavy atom. The molecule has 2 aromatic rings. The molecule has 2 aromatic carbocycles. The van der Waals surface area contributed by atoms with E-state index in [1.807, 2.05) is 55.5 Å². The van der Waals surface area contributed by atoms with Crippen molar-refractivity contribution in [1.82, 2.24) is 0 Å². The molecule has 2 rings (SSSR count). The molecule has 4 heteroatoms. The Bertz CT molecular complexity index is 584. The fourth-order valence-electron chi connectivity index (χ4n) is 1.79. The van der Waals surface area contributed by atoms with Crippen LogP contribution in [0.2, 0.25) is 0 Å². The molecule has 0 radical (unpaired) electrons. The first-order valence-corrected chi connectivity index (χ1v) is 6.90. The summed E-state index contributed by atoms with van der Waals surface area (Å²) in [5, 5.41) is 6.07. The normalized spacial score (nSPS) is 10.0. The minimum atomic E-state index is -0.116. The average Bonchev–Trinajstić information content (AvgIpc) is 2.39. The Kier molecular flexibility index (Phi) is 4.58.